The average molecular weight is 490 g/mol. The maximum Gasteiger partial charge on any atom is 0.194 e. The second-order valence-electron chi connectivity index (χ2n) is 8.60. The van der Waals surface area contributed by atoms with Crippen LogP contribution in [0.25, 0.3) is 16.5 Å². The summed E-state index contributed by atoms with van der Waals surface area (Å²) < 4.78 is 11.5. The minimum Gasteiger partial charge on any atom is -0.508 e. The van der Waals surface area contributed by atoms with Crippen LogP contribution in [-0.2, 0) is 12.8 Å². The van der Waals surface area contributed by atoms with E-state index in [1.165, 1.54) is 11.1 Å². The zero-order valence-corrected chi connectivity index (χ0v) is 21.1. The third-order valence-corrected chi connectivity index (χ3v) is 6.45. The van der Waals surface area contributed by atoms with Crippen molar-refractivity contribution in [2.24, 2.45) is 0 Å². The molecular formula is C30H32ClNO3. The number of likely N-dealkylation sites (N-methyl/N-ethyl adjacent to an activating group) is 1. The van der Waals surface area contributed by atoms with Crippen LogP contribution in [0.15, 0.2) is 83.3 Å². The summed E-state index contributed by atoms with van der Waals surface area (Å²) in [4.78, 5) is 2.35. The Labute approximate surface area is 212 Å². The number of fused-ring (bicyclic) bond motifs is 1. The lowest BCUT2D eigenvalue weighted by molar-refractivity contribution is 0.223. The summed E-state index contributed by atoms with van der Waals surface area (Å²) in [5.41, 5.74) is 5.46. The molecule has 0 atom stereocenters. The molecular weight excluding hydrogens is 458 g/mol. The fraction of sp³-hybridized carbons (Fsp3) is 0.267. The van der Waals surface area contributed by atoms with Crippen LogP contribution in [0.3, 0.4) is 0 Å². The van der Waals surface area contributed by atoms with E-state index in [9.17, 15) is 5.11 Å². The van der Waals surface area contributed by atoms with Crippen LogP contribution in [0, 0.1) is 0 Å². The minimum atomic E-state index is 0.271. The molecule has 0 saturated heterocycles. The first-order chi connectivity index (χ1) is 17.0. The molecule has 0 radical (unpaired) electrons. The standard InChI is InChI=1S/C30H32ClNO3/c1-3-32(4-2)17-18-34-28-14-8-22(9-15-28)5-10-24(19-23-6-12-27(33)13-7-23)25-11-16-29-26(20-25)21-30(31)35-29/h6-16,20-21,33H,3-5,17-19H2,1-2H3. The van der Waals surface area contributed by atoms with E-state index >= 15 is 0 Å². The topological polar surface area (TPSA) is 45.8 Å². The predicted molar refractivity (Wildman–Crippen MR) is 144 cm³/mol. The number of aromatic hydroxyl groups is 1. The Kier molecular flexibility index (Phi) is 8.51. The van der Waals surface area contributed by atoms with Crippen LogP contribution in [0.5, 0.6) is 11.5 Å². The number of furan rings is 1. The SMILES string of the molecule is CCN(CC)CCOc1ccc(CC=C(Cc2ccc(O)cc2)c2ccc3oc(Cl)cc3c2)cc1. The van der Waals surface area contributed by atoms with Crippen molar-refractivity contribution in [3.63, 3.8) is 0 Å². The molecule has 0 fully saturated rings. The van der Waals surface area contributed by atoms with Crippen molar-refractivity contribution in [2.75, 3.05) is 26.2 Å². The van der Waals surface area contributed by atoms with Gasteiger partial charge in [0.25, 0.3) is 0 Å². The number of hydrogen-bond acceptors (Lipinski definition) is 4. The third kappa shape index (κ3) is 6.91. The molecule has 4 aromatic rings. The largest absolute Gasteiger partial charge is 0.508 e. The van der Waals surface area contributed by atoms with Gasteiger partial charge in [-0.2, -0.15) is 0 Å². The number of nitrogens with zero attached hydrogens (tertiary/aromatic N) is 1. The summed E-state index contributed by atoms with van der Waals surface area (Å²) in [6.07, 6.45) is 3.83. The van der Waals surface area contributed by atoms with E-state index in [1.807, 2.05) is 36.4 Å². The number of phenols is 1. The van der Waals surface area contributed by atoms with Gasteiger partial charge in [-0.05, 0) is 96.2 Å². The van der Waals surface area contributed by atoms with Crippen LogP contribution in [0.4, 0.5) is 0 Å². The fourth-order valence-corrected chi connectivity index (χ4v) is 4.33. The molecule has 0 spiro atoms. The van der Waals surface area contributed by atoms with E-state index in [0.717, 1.165) is 60.3 Å². The molecule has 0 unspecified atom stereocenters. The van der Waals surface area contributed by atoms with Gasteiger partial charge in [-0.3, -0.25) is 0 Å². The number of benzene rings is 3. The van der Waals surface area contributed by atoms with Crippen LogP contribution >= 0.6 is 11.6 Å². The Hall–Kier alpha value is -3.21. The molecule has 0 aliphatic carbocycles. The number of allylic oxidation sites excluding steroid dienone is 2. The smallest absolute Gasteiger partial charge is 0.194 e. The number of ether oxygens (including phenoxy) is 1. The first kappa shape index (κ1) is 24.9. The van der Waals surface area contributed by atoms with Crippen molar-refractivity contribution < 1.29 is 14.3 Å². The molecule has 1 aromatic heterocycles. The number of halogens is 1. The highest BCUT2D eigenvalue weighted by atomic mass is 35.5. The molecule has 182 valence electrons. The molecule has 1 heterocycles. The third-order valence-electron chi connectivity index (χ3n) is 6.27. The quantitative estimate of drug-likeness (QED) is 0.239. The van der Waals surface area contributed by atoms with Crippen molar-refractivity contribution in [3.05, 3.63) is 101 Å². The van der Waals surface area contributed by atoms with Gasteiger partial charge in [-0.15, -0.1) is 0 Å². The summed E-state index contributed by atoms with van der Waals surface area (Å²) in [5.74, 6) is 1.17. The molecule has 3 aromatic carbocycles. The maximum atomic E-state index is 9.66. The Balaban J connectivity index is 1.49. The van der Waals surface area contributed by atoms with E-state index in [-0.39, 0.29) is 5.75 Å². The molecule has 0 amide bonds. The summed E-state index contributed by atoms with van der Waals surface area (Å²) in [7, 11) is 0. The molecule has 4 rings (SSSR count). The number of hydrogen-bond donors (Lipinski definition) is 1. The van der Waals surface area contributed by atoms with E-state index in [4.69, 9.17) is 20.8 Å². The van der Waals surface area contributed by atoms with Gasteiger partial charge in [0.05, 0.1) is 0 Å². The van der Waals surface area contributed by atoms with Gasteiger partial charge in [0.2, 0.25) is 0 Å². The van der Waals surface area contributed by atoms with Gasteiger partial charge in [0, 0.05) is 18.0 Å². The molecule has 0 saturated carbocycles. The van der Waals surface area contributed by atoms with Crippen molar-refractivity contribution in [1.29, 1.82) is 0 Å². The van der Waals surface area contributed by atoms with Crippen molar-refractivity contribution in [2.45, 2.75) is 26.7 Å². The molecule has 4 nitrogen and oxygen atoms in total. The molecule has 0 bridgehead atoms. The zero-order chi connectivity index (χ0) is 24.6. The maximum absolute atomic E-state index is 9.66. The van der Waals surface area contributed by atoms with Crippen LogP contribution < -0.4 is 4.74 Å². The molecule has 0 aliphatic rings. The Morgan fingerprint density at radius 1 is 0.943 bits per heavy atom. The first-order valence-electron chi connectivity index (χ1n) is 12.1. The van der Waals surface area contributed by atoms with E-state index in [0.29, 0.717) is 11.8 Å². The van der Waals surface area contributed by atoms with Gasteiger partial charge in [0.15, 0.2) is 5.22 Å². The summed E-state index contributed by atoms with van der Waals surface area (Å²) >= 11 is 6.06. The van der Waals surface area contributed by atoms with Gasteiger partial charge < -0.3 is 19.2 Å². The molecule has 1 N–H and O–H groups in total. The van der Waals surface area contributed by atoms with Crippen LogP contribution in [0.1, 0.15) is 30.5 Å². The summed E-state index contributed by atoms with van der Waals surface area (Å²) in [6.45, 7) is 8.05. The molecule has 0 aliphatic heterocycles. The second kappa shape index (κ2) is 12.0. The van der Waals surface area contributed by atoms with E-state index in [2.05, 4.69) is 49.1 Å². The lowest BCUT2D eigenvalue weighted by Crippen LogP contribution is -2.27. The lowest BCUT2D eigenvalue weighted by Gasteiger charge is -2.18. The van der Waals surface area contributed by atoms with Crippen molar-refractivity contribution in [3.8, 4) is 11.5 Å². The van der Waals surface area contributed by atoms with Crippen LogP contribution in [-0.4, -0.2) is 36.2 Å². The van der Waals surface area contributed by atoms with E-state index in [1.54, 1.807) is 12.1 Å². The highest BCUT2D eigenvalue weighted by molar-refractivity contribution is 6.29. The van der Waals surface area contributed by atoms with Crippen LogP contribution in [0.2, 0.25) is 5.22 Å². The Bertz CT molecular complexity index is 1260. The normalized spacial score (nSPS) is 11.9. The second-order valence-corrected chi connectivity index (χ2v) is 8.97. The van der Waals surface area contributed by atoms with Gasteiger partial charge in [-0.25, -0.2) is 0 Å². The fourth-order valence-electron chi connectivity index (χ4n) is 4.13. The van der Waals surface area contributed by atoms with Gasteiger partial charge in [-0.1, -0.05) is 50.3 Å². The lowest BCUT2D eigenvalue weighted by atomic mass is 9.95. The summed E-state index contributed by atoms with van der Waals surface area (Å²) in [5, 5.41) is 11.0. The number of phenolic OH excluding ortho intramolecular Hbond substituents is 1. The zero-order valence-electron chi connectivity index (χ0n) is 20.3. The average Bonchev–Trinajstić information content (AvgIpc) is 3.25. The highest BCUT2D eigenvalue weighted by Gasteiger charge is 2.08. The van der Waals surface area contributed by atoms with Crippen molar-refractivity contribution in [1.82, 2.24) is 4.90 Å². The van der Waals surface area contributed by atoms with Gasteiger partial charge >= 0.3 is 0 Å². The van der Waals surface area contributed by atoms with Gasteiger partial charge in [0.1, 0.15) is 23.7 Å². The number of rotatable bonds is 11. The Morgan fingerprint density at radius 3 is 2.37 bits per heavy atom. The summed E-state index contributed by atoms with van der Waals surface area (Å²) in [6, 6.07) is 23.7. The monoisotopic (exact) mass is 489 g/mol. The van der Waals surface area contributed by atoms with Crippen molar-refractivity contribution >= 4 is 28.1 Å². The molecule has 5 heteroatoms. The minimum absolute atomic E-state index is 0.271. The predicted octanol–water partition coefficient (Wildman–Crippen LogP) is 7.38. The van der Waals surface area contributed by atoms with E-state index < -0.39 is 0 Å². The molecule has 35 heavy (non-hydrogen) atoms. The highest BCUT2D eigenvalue weighted by Crippen LogP contribution is 2.29. The Morgan fingerprint density at radius 2 is 1.66 bits per heavy atom. The first-order valence-corrected chi connectivity index (χ1v) is 12.5.